The lowest BCUT2D eigenvalue weighted by atomic mass is 9.90. The number of hydrogen-bond acceptors (Lipinski definition) is 3. The van der Waals surface area contributed by atoms with E-state index in [1.165, 1.54) is 0 Å². The molecule has 0 saturated carbocycles. The number of aryl methyl sites for hydroxylation is 1. The van der Waals surface area contributed by atoms with E-state index in [9.17, 15) is 4.79 Å². The lowest BCUT2D eigenvalue weighted by Gasteiger charge is -2.28. The summed E-state index contributed by atoms with van der Waals surface area (Å²) in [6.07, 6.45) is 3.87. The van der Waals surface area contributed by atoms with E-state index in [0.717, 1.165) is 49.2 Å². The molecule has 1 heterocycles. The Morgan fingerprint density at radius 3 is 2.81 bits per heavy atom. The van der Waals surface area contributed by atoms with Crippen LogP contribution in [0.5, 0.6) is 5.75 Å². The molecule has 1 saturated heterocycles. The molecule has 1 aliphatic rings. The van der Waals surface area contributed by atoms with Crippen LogP contribution in [0.1, 0.15) is 45.1 Å². The van der Waals surface area contributed by atoms with Crippen LogP contribution in [0, 0.1) is 6.92 Å². The number of benzene rings is 1. The van der Waals surface area contributed by atoms with Crippen molar-refractivity contribution in [1.29, 1.82) is 0 Å². The largest absolute Gasteiger partial charge is 0.494 e. The Balaban J connectivity index is 2.11. The fraction of sp³-hybridized carbons (Fsp3) is 0.588. The number of hydrogen-bond donors (Lipinski definition) is 2. The summed E-state index contributed by atoms with van der Waals surface area (Å²) in [4.78, 5) is 12.7. The standard InChI is InChI=1S/C17H26N2O2/c1-4-9-17(10-6-11-18-17)16(20)19-15-8-7-14(21-5-2)12-13(15)3/h7-8,12,18H,4-6,9-11H2,1-3H3,(H,19,20). The zero-order valence-corrected chi connectivity index (χ0v) is 13.3. The van der Waals surface area contributed by atoms with Gasteiger partial charge in [-0.25, -0.2) is 0 Å². The zero-order chi connectivity index (χ0) is 15.3. The second-order valence-corrected chi connectivity index (χ2v) is 5.73. The van der Waals surface area contributed by atoms with Gasteiger partial charge < -0.3 is 15.4 Å². The van der Waals surface area contributed by atoms with Crippen molar-refractivity contribution in [2.75, 3.05) is 18.5 Å². The molecule has 4 nitrogen and oxygen atoms in total. The molecule has 4 heteroatoms. The Morgan fingerprint density at radius 2 is 2.24 bits per heavy atom. The number of carbonyl (C=O) groups excluding carboxylic acids is 1. The summed E-state index contributed by atoms with van der Waals surface area (Å²) in [6, 6.07) is 5.79. The number of anilines is 1. The molecule has 1 amide bonds. The summed E-state index contributed by atoms with van der Waals surface area (Å²) < 4.78 is 5.48. The Labute approximate surface area is 127 Å². The average Bonchev–Trinajstić information content (AvgIpc) is 2.92. The van der Waals surface area contributed by atoms with Crippen LogP contribution in [-0.2, 0) is 4.79 Å². The van der Waals surface area contributed by atoms with Gasteiger partial charge in [0.15, 0.2) is 0 Å². The molecule has 1 fully saturated rings. The molecule has 0 aromatic heterocycles. The molecule has 1 aliphatic heterocycles. The van der Waals surface area contributed by atoms with Crippen molar-refractivity contribution in [1.82, 2.24) is 5.32 Å². The molecule has 1 aromatic rings. The van der Waals surface area contributed by atoms with E-state index < -0.39 is 0 Å². The van der Waals surface area contributed by atoms with E-state index in [4.69, 9.17) is 4.74 Å². The van der Waals surface area contributed by atoms with E-state index in [1.54, 1.807) is 0 Å². The summed E-state index contributed by atoms with van der Waals surface area (Å²) in [5.74, 6) is 0.935. The van der Waals surface area contributed by atoms with E-state index in [-0.39, 0.29) is 11.4 Å². The summed E-state index contributed by atoms with van der Waals surface area (Å²) in [5, 5.41) is 6.50. The minimum absolute atomic E-state index is 0.0918. The van der Waals surface area contributed by atoms with Crippen LogP contribution in [-0.4, -0.2) is 24.6 Å². The number of nitrogens with one attached hydrogen (secondary N) is 2. The molecule has 0 radical (unpaired) electrons. The normalized spacial score (nSPS) is 21.3. The molecule has 116 valence electrons. The smallest absolute Gasteiger partial charge is 0.244 e. The maximum Gasteiger partial charge on any atom is 0.244 e. The monoisotopic (exact) mass is 290 g/mol. The molecule has 0 aliphatic carbocycles. The SMILES string of the molecule is CCCC1(C(=O)Nc2ccc(OCC)cc2C)CCCN1. The molecule has 1 atom stereocenters. The van der Waals surface area contributed by atoms with Gasteiger partial charge in [-0.3, -0.25) is 4.79 Å². The fourth-order valence-corrected chi connectivity index (χ4v) is 3.03. The molecule has 0 bridgehead atoms. The molecule has 1 aromatic carbocycles. The minimum Gasteiger partial charge on any atom is -0.494 e. The fourth-order valence-electron chi connectivity index (χ4n) is 3.03. The van der Waals surface area contributed by atoms with E-state index in [1.807, 2.05) is 32.0 Å². The van der Waals surface area contributed by atoms with Gasteiger partial charge in [0.1, 0.15) is 5.75 Å². The first-order valence-electron chi connectivity index (χ1n) is 7.91. The van der Waals surface area contributed by atoms with Gasteiger partial charge in [-0.1, -0.05) is 13.3 Å². The molecule has 0 spiro atoms. The van der Waals surface area contributed by atoms with E-state index >= 15 is 0 Å². The van der Waals surface area contributed by atoms with Crippen LogP contribution in [0.25, 0.3) is 0 Å². The predicted molar refractivity (Wildman–Crippen MR) is 85.9 cm³/mol. The topological polar surface area (TPSA) is 50.4 Å². The molecule has 21 heavy (non-hydrogen) atoms. The van der Waals surface area contributed by atoms with Crippen LogP contribution in [0.3, 0.4) is 0 Å². The first-order chi connectivity index (χ1) is 10.1. The van der Waals surface area contributed by atoms with Crippen molar-refractivity contribution in [3.8, 4) is 5.75 Å². The second-order valence-electron chi connectivity index (χ2n) is 5.73. The average molecular weight is 290 g/mol. The van der Waals surface area contributed by atoms with Gasteiger partial charge >= 0.3 is 0 Å². The highest BCUT2D eigenvalue weighted by Crippen LogP contribution is 2.28. The molecular formula is C17H26N2O2. The quantitative estimate of drug-likeness (QED) is 0.845. The van der Waals surface area contributed by atoms with Gasteiger partial charge in [-0.05, 0) is 63.4 Å². The van der Waals surface area contributed by atoms with Gasteiger partial charge in [-0.2, -0.15) is 0 Å². The van der Waals surface area contributed by atoms with Crippen molar-refractivity contribution >= 4 is 11.6 Å². The Morgan fingerprint density at radius 1 is 1.43 bits per heavy atom. The lowest BCUT2D eigenvalue weighted by molar-refractivity contribution is -0.122. The van der Waals surface area contributed by atoms with Crippen LogP contribution in [0.15, 0.2) is 18.2 Å². The number of carbonyl (C=O) groups is 1. The van der Waals surface area contributed by atoms with Crippen molar-refractivity contribution in [3.63, 3.8) is 0 Å². The number of amides is 1. The van der Waals surface area contributed by atoms with Gasteiger partial charge in [-0.15, -0.1) is 0 Å². The van der Waals surface area contributed by atoms with Crippen LogP contribution in [0.2, 0.25) is 0 Å². The first kappa shape index (κ1) is 15.8. The van der Waals surface area contributed by atoms with Crippen molar-refractivity contribution in [2.45, 2.75) is 52.0 Å². The van der Waals surface area contributed by atoms with Crippen molar-refractivity contribution in [3.05, 3.63) is 23.8 Å². The highest BCUT2D eigenvalue weighted by molar-refractivity contribution is 5.99. The minimum atomic E-state index is -0.389. The van der Waals surface area contributed by atoms with Crippen LogP contribution >= 0.6 is 0 Å². The van der Waals surface area contributed by atoms with Crippen LogP contribution < -0.4 is 15.4 Å². The number of rotatable bonds is 6. The van der Waals surface area contributed by atoms with Gasteiger partial charge in [0, 0.05) is 5.69 Å². The Kier molecular flexibility index (Phi) is 5.23. The number of ether oxygens (including phenoxy) is 1. The third kappa shape index (κ3) is 3.56. The van der Waals surface area contributed by atoms with Gasteiger partial charge in [0.05, 0.1) is 12.1 Å². The van der Waals surface area contributed by atoms with Crippen molar-refractivity contribution < 1.29 is 9.53 Å². The molecule has 2 N–H and O–H groups in total. The van der Waals surface area contributed by atoms with E-state index in [0.29, 0.717) is 6.61 Å². The highest BCUT2D eigenvalue weighted by atomic mass is 16.5. The van der Waals surface area contributed by atoms with Gasteiger partial charge in [0.2, 0.25) is 5.91 Å². The van der Waals surface area contributed by atoms with Gasteiger partial charge in [0.25, 0.3) is 0 Å². The Bertz CT molecular complexity index is 494. The summed E-state index contributed by atoms with van der Waals surface area (Å²) >= 11 is 0. The third-order valence-electron chi connectivity index (χ3n) is 4.11. The highest BCUT2D eigenvalue weighted by Gasteiger charge is 2.39. The zero-order valence-electron chi connectivity index (χ0n) is 13.3. The molecule has 1 unspecified atom stereocenters. The third-order valence-corrected chi connectivity index (χ3v) is 4.11. The lowest BCUT2D eigenvalue weighted by Crippen LogP contribution is -2.50. The Hall–Kier alpha value is -1.55. The van der Waals surface area contributed by atoms with Crippen molar-refractivity contribution in [2.24, 2.45) is 0 Å². The predicted octanol–water partition coefficient (Wildman–Crippen LogP) is 3.25. The summed E-state index contributed by atoms with van der Waals surface area (Å²) in [7, 11) is 0. The maximum atomic E-state index is 12.7. The molecule has 2 rings (SSSR count). The summed E-state index contributed by atoms with van der Waals surface area (Å²) in [6.45, 7) is 7.65. The second kappa shape index (κ2) is 6.94. The first-order valence-corrected chi connectivity index (χ1v) is 7.91. The summed E-state index contributed by atoms with van der Waals surface area (Å²) in [5.41, 5.74) is 1.51. The maximum absolute atomic E-state index is 12.7. The van der Waals surface area contributed by atoms with Crippen LogP contribution in [0.4, 0.5) is 5.69 Å². The molecular weight excluding hydrogens is 264 g/mol. The van der Waals surface area contributed by atoms with E-state index in [2.05, 4.69) is 17.6 Å².